The molecule has 0 unspecified atom stereocenters. The van der Waals surface area contributed by atoms with E-state index in [1.807, 2.05) is 234 Å². The van der Waals surface area contributed by atoms with Crippen LogP contribution in [-0.2, 0) is 0 Å². The summed E-state index contributed by atoms with van der Waals surface area (Å²) in [5.41, 5.74) is 19.0. The van der Waals surface area contributed by atoms with E-state index in [4.69, 9.17) is 38.6 Å². The summed E-state index contributed by atoms with van der Waals surface area (Å²) < 4.78 is 27.2. The van der Waals surface area contributed by atoms with Crippen molar-refractivity contribution in [2.24, 2.45) is 0 Å². The molecule has 18 aromatic carbocycles. The Morgan fingerprint density at radius 1 is 0.208 bits per heavy atom. The van der Waals surface area contributed by atoms with Gasteiger partial charge in [0.1, 0.15) is 28.1 Å². The van der Waals surface area contributed by atoms with Gasteiger partial charge >= 0.3 is 43.3 Å². The number of hydrogen-bond acceptors (Lipinski definition) is 18. The highest BCUT2D eigenvalue weighted by Gasteiger charge is 2.21. The van der Waals surface area contributed by atoms with Crippen LogP contribution in [0.5, 0.6) is 5.75 Å². The third-order valence-corrected chi connectivity index (χ3v) is 28.0. The van der Waals surface area contributed by atoms with Gasteiger partial charge < -0.3 is 68.8 Å². The van der Waals surface area contributed by atoms with Gasteiger partial charge in [0.05, 0.1) is 0 Å². The van der Waals surface area contributed by atoms with Crippen LogP contribution < -0.4 is 32.0 Å². The van der Waals surface area contributed by atoms with E-state index < -0.39 is 35.6 Å². The van der Waals surface area contributed by atoms with E-state index in [0.29, 0.717) is 40.7 Å². The van der Waals surface area contributed by atoms with Gasteiger partial charge in [-0.2, -0.15) is 0 Å². The summed E-state index contributed by atoms with van der Waals surface area (Å²) in [6.45, 7) is 24.0. The number of rotatable bonds is 13. The van der Waals surface area contributed by atoms with Crippen LogP contribution >= 0.6 is 45.3 Å². The molecule has 6 heterocycles. The summed E-state index contributed by atoms with van der Waals surface area (Å²) in [6.07, 6.45) is 0. The quantitative estimate of drug-likeness (QED) is 0.0480. The monoisotopic (exact) mass is 1970 g/mol. The Bertz CT molecular complexity index is 7880. The molecule has 11 N–H and O–H groups in total. The first-order valence-electron chi connectivity index (χ1n) is 48.5. The number of benzene rings is 18. The first kappa shape index (κ1) is 107. The molecule has 0 fully saturated rings. The molecule has 0 spiro atoms. The van der Waals surface area contributed by atoms with E-state index in [9.17, 15) is 30.1 Å². The molecule has 24 heteroatoms. The number of hydrogen-bond donors (Lipinski definition) is 11. The normalized spacial score (nSPS) is 10.5. The highest BCUT2D eigenvalue weighted by molar-refractivity contribution is 7.27. The van der Waals surface area contributed by atoms with Crippen LogP contribution in [0, 0.1) is 0 Å². The molecular weight excluding hydrogens is 1860 g/mol. The van der Waals surface area contributed by atoms with Gasteiger partial charge in [-0.25, -0.2) is 0 Å². The lowest BCUT2D eigenvalue weighted by atomic mass is 9.80. The maximum absolute atomic E-state index is 9.21. The van der Waals surface area contributed by atoms with Crippen LogP contribution in [0.4, 0.5) is 0 Å². The molecule has 0 aliphatic rings. The summed E-state index contributed by atoms with van der Waals surface area (Å²) in [5.74, 6) is 0.619. The fourth-order valence-electron chi connectivity index (χ4n) is 16.7. The van der Waals surface area contributed by atoms with E-state index in [2.05, 4.69) is 200 Å². The van der Waals surface area contributed by atoms with E-state index in [1.54, 1.807) is 94.7 Å². The van der Waals surface area contributed by atoms with Gasteiger partial charge in [-0.3, -0.25) is 0 Å². The first-order chi connectivity index (χ1) is 70.5. The van der Waals surface area contributed by atoms with E-state index in [1.165, 1.54) is 91.8 Å². The molecule has 719 valence electrons. The van der Waals surface area contributed by atoms with Gasteiger partial charge in [-0.1, -0.05) is 399 Å². The third-order valence-electron chi connectivity index (χ3n) is 23.4. The number of para-hydroxylation sites is 3. The van der Waals surface area contributed by atoms with Crippen molar-refractivity contribution in [1.29, 1.82) is 0 Å². The predicted octanol–water partition coefficient (Wildman–Crippen LogP) is 26.9. The molecule has 0 saturated heterocycles. The Labute approximate surface area is 858 Å². The molecule has 0 amide bonds. The topological polar surface area (TPSA) is 258 Å². The Hall–Kier alpha value is -13.8. The van der Waals surface area contributed by atoms with Gasteiger partial charge in [-0.05, 0) is 173 Å². The van der Waals surface area contributed by atoms with Gasteiger partial charge in [0.2, 0.25) is 0 Å². The minimum absolute atomic E-state index is 0.473. The molecule has 0 saturated carbocycles. The molecule has 6 aromatic heterocycles. The predicted molar refractivity (Wildman–Crippen MR) is 623 cm³/mol. The van der Waals surface area contributed by atoms with Crippen molar-refractivity contribution in [3.8, 4) is 72.5 Å². The highest BCUT2D eigenvalue weighted by Crippen LogP contribution is 2.45. The number of thiophene rings is 4. The molecule has 14 nitrogen and oxygen atoms in total. The van der Waals surface area contributed by atoms with Crippen molar-refractivity contribution in [2.45, 2.75) is 83.1 Å². The van der Waals surface area contributed by atoms with Crippen LogP contribution in [0.2, 0.25) is 0 Å². The molecule has 24 rings (SSSR count). The van der Waals surface area contributed by atoms with Crippen molar-refractivity contribution in [3.05, 3.63) is 400 Å². The van der Waals surface area contributed by atoms with Gasteiger partial charge in [-0.15, -0.1) is 45.3 Å². The summed E-state index contributed by atoms with van der Waals surface area (Å²) in [7, 11) is -6.45. The standard InChI is InChI=1S/2C18H13BO3.C18H13BO2S.C18H12BO2S.2C18H13BO2S.6C2H6/c20-19(21)13-10-8-12(9-11-13)14-5-3-6-16-15-4-1-2-7-17(15)22-18(14)16;20-19(21)14-8-5-12(6-9-14)13-7-10-16-15-3-1-2-4-17(15)22-18(16)11-13;20-19(21)13-10-8-12(9-11-13)14-5-3-6-16-15-4-1-2-7-17(15)22-18(14)16;20-19-21-13-10-8-12(9-11-13)14-5-3-7-17-18(14)15-4-1-2-6-16(15)22-17;20-19(21)14-8-5-12(6-9-14)13-7-10-18-16(11-13)15-3-1-2-4-17(15)22-18;20-19(21)14-8-5-12(6-9-14)13-7-10-16-15-3-1-2-4-17(15)22-18(16)11-13;6*1-2/h3*1-11,20-21H;1-11,20H;2*1-11,20-21H;6*1-2H3. The van der Waals surface area contributed by atoms with E-state index in [0.717, 1.165) is 99.5 Å². The van der Waals surface area contributed by atoms with Crippen LogP contribution in [0.1, 0.15) is 83.1 Å². The first-order valence-corrected chi connectivity index (χ1v) is 51.8. The second kappa shape index (κ2) is 52.4. The van der Waals surface area contributed by atoms with Crippen LogP contribution in [-0.4, -0.2) is 98.5 Å². The Kier molecular flexibility index (Phi) is 39.1. The zero-order valence-corrected chi connectivity index (χ0v) is 85.6. The number of furan rings is 2. The average Bonchev–Trinajstić information content (AvgIpc) is 1.63. The maximum atomic E-state index is 9.21. The zero-order valence-electron chi connectivity index (χ0n) is 82.3. The van der Waals surface area contributed by atoms with Crippen molar-refractivity contribution in [3.63, 3.8) is 0 Å². The van der Waals surface area contributed by atoms with Crippen LogP contribution in [0.15, 0.2) is 409 Å². The largest absolute Gasteiger partial charge is 0.569 e. The Morgan fingerprint density at radius 2 is 0.507 bits per heavy atom. The molecule has 144 heavy (non-hydrogen) atoms. The van der Waals surface area contributed by atoms with Gasteiger partial charge in [0.25, 0.3) is 0 Å². The molecule has 0 atom stereocenters. The lowest BCUT2D eigenvalue weighted by Crippen LogP contribution is -2.29. The minimum Gasteiger partial charge on any atom is -0.537 e. The summed E-state index contributed by atoms with van der Waals surface area (Å²) in [4.78, 5) is 0. The van der Waals surface area contributed by atoms with E-state index in [-0.39, 0.29) is 0 Å². The Morgan fingerprint density at radius 3 is 1.00 bits per heavy atom. The second-order valence-corrected chi connectivity index (χ2v) is 35.8. The Balaban J connectivity index is 0.000000142. The van der Waals surface area contributed by atoms with Crippen LogP contribution in [0.25, 0.3) is 191 Å². The molecule has 1 radical (unpaired) electrons. The summed E-state index contributed by atoms with van der Waals surface area (Å²) >= 11 is 7.22. The van der Waals surface area contributed by atoms with Crippen molar-refractivity contribution in [1.82, 2.24) is 0 Å². The third kappa shape index (κ3) is 25.0. The lowest BCUT2D eigenvalue weighted by molar-refractivity contribution is 0.424. The van der Waals surface area contributed by atoms with Crippen molar-refractivity contribution < 1.29 is 68.8 Å². The summed E-state index contributed by atoms with van der Waals surface area (Å²) in [6, 6.07) is 132. The highest BCUT2D eigenvalue weighted by atomic mass is 32.1. The van der Waals surface area contributed by atoms with Crippen LogP contribution in [0.3, 0.4) is 0 Å². The summed E-state index contributed by atoms with van der Waals surface area (Å²) in [5, 5.41) is 115. The fraction of sp³-hybridized carbons (Fsp3) is 0.100. The maximum Gasteiger partial charge on any atom is 0.569 e. The smallest absolute Gasteiger partial charge is 0.537 e. The minimum atomic E-state index is -1.45. The molecule has 0 bridgehead atoms. The lowest BCUT2D eigenvalue weighted by Gasteiger charge is -2.06. The van der Waals surface area contributed by atoms with Gasteiger partial charge in [0.15, 0.2) is 0 Å². The van der Waals surface area contributed by atoms with E-state index >= 15 is 0 Å². The molecule has 0 aliphatic heterocycles. The van der Waals surface area contributed by atoms with Gasteiger partial charge in [0, 0.05) is 108 Å². The second-order valence-electron chi connectivity index (χ2n) is 31.5. The molecule has 24 aromatic rings. The van der Waals surface area contributed by atoms with Crippen molar-refractivity contribution >= 4 is 241 Å². The average molecular weight is 1970 g/mol. The van der Waals surface area contributed by atoms with Crippen molar-refractivity contribution in [2.75, 3.05) is 0 Å². The fourth-order valence-corrected chi connectivity index (χ4v) is 21.3. The SMILES string of the molecule is CC.CC.CC.CC.CC.CC.OB(O)c1ccc(-c2ccc3c(c2)oc2ccccc23)cc1.OB(O)c1ccc(-c2ccc3c(c2)sc2ccccc23)cc1.OB(O)c1ccc(-c2ccc3sc4ccccc4c3c2)cc1.OB(O)c1ccc(-c2cccc3c2oc2ccccc23)cc1.OB(O)c1ccc(-c2cccc3c2sc2ccccc23)cc1.O[B]Oc1ccc(-c2cccc3sc4ccccc4c23)cc1. The molecular formula is C120H113B6O14S4. The molecule has 0 aliphatic carbocycles. The number of fused-ring (bicyclic) bond motifs is 18. The zero-order chi connectivity index (χ0) is 102.